The van der Waals surface area contributed by atoms with Crippen molar-refractivity contribution in [1.82, 2.24) is 5.32 Å². The number of nitrogens with zero attached hydrogens (tertiary/aromatic N) is 1. The van der Waals surface area contributed by atoms with Crippen molar-refractivity contribution in [2.24, 2.45) is 5.16 Å². The number of hydrogen-bond acceptors (Lipinski definition) is 3. The molecule has 0 fully saturated rings. The fraction of sp³-hybridized carbons (Fsp3) is 0.429. The largest absolute Gasteiger partial charge is 0.379 e. The molecule has 4 nitrogen and oxygen atoms in total. The Morgan fingerprint density at radius 2 is 2.05 bits per heavy atom. The summed E-state index contributed by atoms with van der Waals surface area (Å²) in [7, 11) is 0. The molecule has 0 unspecified atom stereocenters. The van der Waals surface area contributed by atoms with Crippen molar-refractivity contribution in [3.8, 4) is 0 Å². The Hall–Kier alpha value is -1.91. The number of halogens is 1. The maximum Gasteiger partial charge on any atom is 0.267 e. The van der Waals surface area contributed by atoms with Gasteiger partial charge in [-0.05, 0) is 38.5 Å². The summed E-state index contributed by atoms with van der Waals surface area (Å²) in [5, 5.41) is 6.76. The third kappa shape index (κ3) is 2.92. The van der Waals surface area contributed by atoms with Gasteiger partial charge in [-0.1, -0.05) is 17.3 Å². The molecular weight excluding hydrogens is 247 g/mol. The predicted molar refractivity (Wildman–Crippen MR) is 70.3 cm³/mol. The van der Waals surface area contributed by atoms with E-state index < -0.39 is 5.60 Å². The van der Waals surface area contributed by atoms with Gasteiger partial charge in [-0.15, -0.1) is 0 Å². The first-order valence-electron chi connectivity index (χ1n) is 6.23. The van der Waals surface area contributed by atoms with Crippen LogP contribution in [0.25, 0.3) is 0 Å². The Morgan fingerprint density at radius 1 is 1.42 bits per heavy atom. The lowest BCUT2D eigenvalue weighted by molar-refractivity contribution is -0.142. The predicted octanol–water partition coefficient (Wildman–Crippen LogP) is 2.23. The quantitative estimate of drug-likeness (QED) is 0.910. The number of amides is 1. The van der Waals surface area contributed by atoms with Gasteiger partial charge in [0.25, 0.3) is 5.91 Å². The summed E-state index contributed by atoms with van der Waals surface area (Å²) in [4.78, 5) is 17.3. The molecule has 0 aliphatic carbocycles. The first kappa shape index (κ1) is 13.5. The van der Waals surface area contributed by atoms with Gasteiger partial charge in [0.1, 0.15) is 5.82 Å². The van der Waals surface area contributed by atoms with Crippen LogP contribution >= 0.6 is 0 Å². The van der Waals surface area contributed by atoms with Gasteiger partial charge < -0.3 is 10.2 Å². The van der Waals surface area contributed by atoms with Crippen molar-refractivity contribution in [2.75, 3.05) is 0 Å². The lowest BCUT2D eigenvalue weighted by atomic mass is 9.95. The molecule has 0 aromatic heterocycles. The van der Waals surface area contributed by atoms with Crippen LogP contribution in [0.5, 0.6) is 0 Å². The zero-order valence-electron chi connectivity index (χ0n) is 11.2. The van der Waals surface area contributed by atoms with Gasteiger partial charge >= 0.3 is 0 Å². The van der Waals surface area contributed by atoms with E-state index in [9.17, 15) is 9.18 Å². The minimum absolute atomic E-state index is 0.0443. The van der Waals surface area contributed by atoms with Crippen molar-refractivity contribution in [3.05, 3.63) is 35.6 Å². The minimum atomic E-state index is -0.992. The highest BCUT2D eigenvalue weighted by molar-refractivity contribution is 6.05. The SMILES string of the molecule is CC(C)NC(=O)[C@]1(C)CC(c2ccc(F)cc2)=NO1. The zero-order chi connectivity index (χ0) is 14.0. The molecule has 1 aliphatic heterocycles. The maximum atomic E-state index is 12.9. The number of nitrogens with one attached hydrogen (secondary N) is 1. The molecule has 102 valence electrons. The smallest absolute Gasteiger partial charge is 0.267 e. The molecule has 1 atom stereocenters. The van der Waals surface area contributed by atoms with Gasteiger partial charge in [0, 0.05) is 12.5 Å². The molecule has 1 N–H and O–H groups in total. The molecule has 2 rings (SSSR count). The Labute approximate surface area is 111 Å². The number of benzene rings is 1. The molecule has 1 amide bonds. The van der Waals surface area contributed by atoms with E-state index in [1.165, 1.54) is 12.1 Å². The molecule has 0 bridgehead atoms. The topological polar surface area (TPSA) is 50.7 Å². The van der Waals surface area contributed by atoms with Gasteiger partial charge in [0.2, 0.25) is 5.60 Å². The third-order valence-electron chi connectivity index (χ3n) is 2.94. The first-order chi connectivity index (χ1) is 8.90. The number of oxime groups is 1. The van der Waals surface area contributed by atoms with Crippen molar-refractivity contribution < 1.29 is 14.0 Å². The zero-order valence-corrected chi connectivity index (χ0v) is 11.2. The normalized spacial score (nSPS) is 22.1. The van der Waals surface area contributed by atoms with E-state index in [0.717, 1.165) is 5.56 Å². The van der Waals surface area contributed by atoms with Crippen LogP contribution < -0.4 is 5.32 Å². The van der Waals surface area contributed by atoms with Gasteiger partial charge in [-0.25, -0.2) is 4.39 Å². The Balaban J connectivity index is 2.09. The summed E-state index contributed by atoms with van der Waals surface area (Å²) in [6, 6.07) is 6.03. The second-order valence-corrected chi connectivity index (χ2v) is 5.17. The molecule has 0 spiro atoms. The van der Waals surface area contributed by atoms with E-state index in [0.29, 0.717) is 12.1 Å². The number of carbonyl (C=O) groups excluding carboxylic acids is 1. The molecule has 0 saturated carbocycles. The van der Waals surface area contributed by atoms with Crippen molar-refractivity contribution in [3.63, 3.8) is 0 Å². The minimum Gasteiger partial charge on any atom is -0.379 e. The summed E-state index contributed by atoms with van der Waals surface area (Å²) in [6.45, 7) is 5.47. The van der Waals surface area contributed by atoms with Crippen LogP contribution in [0.15, 0.2) is 29.4 Å². The number of carbonyl (C=O) groups is 1. The molecule has 19 heavy (non-hydrogen) atoms. The van der Waals surface area contributed by atoms with E-state index in [4.69, 9.17) is 4.84 Å². The maximum absolute atomic E-state index is 12.9. The molecule has 1 aromatic carbocycles. The van der Waals surface area contributed by atoms with Crippen LogP contribution in [-0.2, 0) is 9.63 Å². The van der Waals surface area contributed by atoms with Crippen LogP contribution in [-0.4, -0.2) is 23.3 Å². The fourth-order valence-electron chi connectivity index (χ4n) is 1.87. The molecule has 0 radical (unpaired) electrons. The van der Waals surface area contributed by atoms with Gasteiger partial charge in [0.15, 0.2) is 0 Å². The fourth-order valence-corrected chi connectivity index (χ4v) is 1.87. The molecule has 1 aliphatic rings. The van der Waals surface area contributed by atoms with E-state index >= 15 is 0 Å². The van der Waals surface area contributed by atoms with Crippen LogP contribution in [0.1, 0.15) is 32.8 Å². The highest BCUT2D eigenvalue weighted by Gasteiger charge is 2.42. The van der Waals surface area contributed by atoms with Gasteiger partial charge in [-0.3, -0.25) is 4.79 Å². The number of rotatable bonds is 3. The standard InChI is InChI=1S/C14H17FN2O2/c1-9(2)16-13(18)14(3)8-12(17-19-14)10-4-6-11(15)7-5-10/h4-7,9H,8H2,1-3H3,(H,16,18)/t14-/m0/s1. The first-order valence-corrected chi connectivity index (χ1v) is 6.23. The third-order valence-corrected chi connectivity index (χ3v) is 2.94. The lowest BCUT2D eigenvalue weighted by Crippen LogP contribution is -2.47. The second-order valence-electron chi connectivity index (χ2n) is 5.17. The van der Waals surface area contributed by atoms with Crippen LogP contribution in [0.2, 0.25) is 0 Å². The molecule has 1 heterocycles. The molecular formula is C14H17FN2O2. The van der Waals surface area contributed by atoms with E-state index in [-0.39, 0.29) is 17.8 Å². The average molecular weight is 264 g/mol. The summed E-state index contributed by atoms with van der Waals surface area (Å²) in [6.07, 6.45) is 0.372. The summed E-state index contributed by atoms with van der Waals surface area (Å²) >= 11 is 0. The van der Waals surface area contributed by atoms with E-state index in [1.807, 2.05) is 13.8 Å². The van der Waals surface area contributed by atoms with Crippen LogP contribution in [0, 0.1) is 5.82 Å². The summed E-state index contributed by atoms with van der Waals surface area (Å²) in [5.74, 6) is -0.494. The molecule has 5 heteroatoms. The summed E-state index contributed by atoms with van der Waals surface area (Å²) in [5.41, 5.74) is 0.428. The van der Waals surface area contributed by atoms with Gasteiger partial charge in [0.05, 0.1) is 5.71 Å². The van der Waals surface area contributed by atoms with E-state index in [1.54, 1.807) is 19.1 Å². The van der Waals surface area contributed by atoms with Crippen LogP contribution in [0.3, 0.4) is 0 Å². The van der Waals surface area contributed by atoms with E-state index in [2.05, 4.69) is 10.5 Å². The Kier molecular flexibility index (Phi) is 3.55. The average Bonchev–Trinajstić information content (AvgIpc) is 2.73. The summed E-state index contributed by atoms with van der Waals surface area (Å²) < 4.78 is 12.9. The lowest BCUT2D eigenvalue weighted by Gasteiger charge is -2.21. The van der Waals surface area contributed by atoms with Crippen molar-refractivity contribution in [1.29, 1.82) is 0 Å². The highest BCUT2D eigenvalue weighted by Crippen LogP contribution is 2.27. The number of hydrogen-bond donors (Lipinski definition) is 1. The monoisotopic (exact) mass is 264 g/mol. The van der Waals surface area contributed by atoms with Gasteiger partial charge in [-0.2, -0.15) is 0 Å². The Bertz CT molecular complexity index is 511. The van der Waals surface area contributed by atoms with Crippen LogP contribution in [0.4, 0.5) is 4.39 Å². The molecule has 0 saturated heterocycles. The second kappa shape index (κ2) is 4.99. The van der Waals surface area contributed by atoms with Crippen molar-refractivity contribution >= 4 is 11.6 Å². The molecule has 1 aromatic rings. The Morgan fingerprint density at radius 3 is 2.63 bits per heavy atom. The highest BCUT2D eigenvalue weighted by atomic mass is 19.1. The van der Waals surface area contributed by atoms with Crippen molar-refractivity contribution in [2.45, 2.75) is 38.8 Å².